The third kappa shape index (κ3) is 3.24. The van der Waals surface area contributed by atoms with E-state index in [1.54, 1.807) is 6.26 Å². The third-order valence-electron chi connectivity index (χ3n) is 1.56. The van der Waals surface area contributed by atoms with Crippen molar-refractivity contribution < 1.29 is 4.74 Å². The van der Waals surface area contributed by atoms with Gasteiger partial charge < -0.3 is 4.74 Å². The monoisotopic (exact) mass is 162 g/mol. The highest BCUT2D eigenvalue weighted by Crippen LogP contribution is 1.99. The molecule has 1 heteroatoms. The standard InChI is InChI=1S/C11H14O/c1-2-12-10-6-9-11-7-4-3-5-8-11/h3-8,10H,2,9H2,1H3/b10-6-. The van der Waals surface area contributed by atoms with Crippen molar-refractivity contribution in [1.82, 2.24) is 0 Å². The lowest BCUT2D eigenvalue weighted by Crippen LogP contribution is -1.81. The molecule has 0 aliphatic rings. The second-order valence-electron chi connectivity index (χ2n) is 2.52. The van der Waals surface area contributed by atoms with E-state index in [0.717, 1.165) is 13.0 Å². The van der Waals surface area contributed by atoms with Gasteiger partial charge in [-0.05, 0) is 25.0 Å². The molecule has 0 N–H and O–H groups in total. The lowest BCUT2D eigenvalue weighted by molar-refractivity contribution is 0.268. The van der Waals surface area contributed by atoms with Gasteiger partial charge in [0.1, 0.15) is 0 Å². The van der Waals surface area contributed by atoms with Gasteiger partial charge in [0.05, 0.1) is 12.9 Å². The second-order valence-corrected chi connectivity index (χ2v) is 2.52. The van der Waals surface area contributed by atoms with Crippen LogP contribution < -0.4 is 0 Å². The zero-order valence-corrected chi connectivity index (χ0v) is 7.36. The van der Waals surface area contributed by atoms with Crippen molar-refractivity contribution in [2.24, 2.45) is 0 Å². The number of hydrogen-bond acceptors (Lipinski definition) is 1. The molecule has 0 saturated heterocycles. The third-order valence-corrected chi connectivity index (χ3v) is 1.56. The molecule has 0 radical (unpaired) electrons. The van der Waals surface area contributed by atoms with Gasteiger partial charge in [0.15, 0.2) is 0 Å². The molecule has 0 amide bonds. The molecule has 1 aromatic rings. The van der Waals surface area contributed by atoms with E-state index < -0.39 is 0 Å². The van der Waals surface area contributed by atoms with Crippen LogP contribution >= 0.6 is 0 Å². The lowest BCUT2D eigenvalue weighted by atomic mass is 10.2. The van der Waals surface area contributed by atoms with Crippen LogP contribution in [0.1, 0.15) is 12.5 Å². The summed E-state index contributed by atoms with van der Waals surface area (Å²) in [5, 5.41) is 0. The van der Waals surface area contributed by atoms with Crippen molar-refractivity contribution in [3.63, 3.8) is 0 Å². The Hall–Kier alpha value is -1.24. The minimum absolute atomic E-state index is 0.741. The zero-order chi connectivity index (χ0) is 8.65. The van der Waals surface area contributed by atoms with Crippen molar-refractivity contribution in [2.75, 3.05) is 6.61 Å². The summed E-state index contributed by atoms with van der Waals surface area (Å²) < 4.78 is 5.07. The molecular formula is C11H14O. The zero-order valence-electron chi connectivity index (χ0n) is 7.36. The van der Waals surface area contributed by atoms with Gasteiger partial charge in [0, 0.05) is 0 Å². The van der Waals surface area contributed by atoms with E-state index in [2.05, 4.69) is 12.1 Å². The molecule has 0 aliphatic heterocycles. The Morgan fingerprint density at radius 1 is 1.25 bits per heavy atom. The summed E-state index contributed by atoms with van der Waals surface area (Å²) in [4.78, 5) is 0. The second kappa shape index (κ2) is 5.42. The van der Waals surface area contributed by atoms with E-state index in [0.29, 0.717) is 0 Å². The van der Waals surface area contributed by atoms with Gasteiger partial charge in [0.2, 0.25) is 0 Å². The minimum atomic E-state index is 0.741. The fourth-order valence-electron chi connectivity index (χ4n) is 0.963. The van der Waals surface area contributed by atoms with Crippen LogP contribution in [0.3, 0.4) is 0 Å². The minimum Gasteiger partial charge on any atom is -0.502 e. The number of hydrogen-bond donors (Lipinski definition) is 0. The smallest absolute Gasteiger partial charge is 0.0845 e. The SMILES string of the molecule is CCO/C=C\Cc1ccccc1. The van der Waals surface area contributed by atoms with Crippen LogP contribution in [0.5, 0.6) is 0 Å². The average Bonchev–Trinajstić information content (AvgIpc) is 2.14. The fourth-order valence-corrected chi connectivity index (χ4v) is 0.963. The van der Waals surface area contributed by atoms with Crippen LogP contribution in [0, 0.1) is 0 Å². The van der Waals surface area contributed by atoms with Gasteiger partial charge >= 0.3 is 0 Å². The predicted molar refractivity (Wildman–Crippen MR) is 50.9 cm³/mol. The van der Waals surface area contributed by atoms with E-state index in [-0.39, 0.29) is 0 Å². The van der Waals surface area contributed by atoms with Crippen LogP contribution in [0.4, 0.5) is 0 Å². The Kier molecular flexibility index (Phi) is 4.00. The number of benzene rings is 1. The van der Waals surface area contributed by atoms with Crippen molar-refractivity contribution in [2.45, 2.75) is 13.3 Å². The van der Waals surface area contributed by atoms with E-state index >= 15 is 0 Å². The topological polar surface area (TPSA) is 9.23 Å². The molecular weight excluding hydrogens is 148 g/mol. The van der Waals surface area contributed by atoms with Crippen LogP contribution in [-0.4, -0.2) is 6.61 Å². The first-order valence-corrected chi connectivity index (χ1v) is 4.24. The van der Waals surface area contributed by atoms with Crippen LogP contribution in [-0.2, 0) is 11.2 Å². The molecule has 0 fully saturated rings. The maximum absolute atomic E-state index is 5.07. The first-order chi connectivity index (χ1) is 5.93. The molecule has 1 rings (SSSR count). The summed E-state index contributed by atoms with van der Waals surface area (Å²) in [7, 11) is 0. The van der Waals surface area contributed by atoms with Gasteiger partial charge in [0.25, 0.3) is 0 Å². The molecule has 0 atom stereocenters. The van der Waals surface area contributed by atoms with Gasteiger partial charge in [-0.3, -0.25) is 0 Å². The Balaban J connectivity index is 2.33. The van der Waals surface area contributed by atoms with Crippen molar-refractivity contribution >= 4 is 0 Å². The Morgan fingerprint density at radius 2 is 2.00 bits per heavy atom. The van der Waals surface area contributed by atoms with Gasteiger partial charge in [-0.1, -0.05) is 30.3 Å². The van der Waals surface area contributed by atoms with Gasteiger partial charge in [-0.2, -0.15) is 0 Å². The Bertz CT molecular complexity index is 226. The summed E-state index contributed by atoms with van der Waals surface area (Å²) in [6.07, 6.45) is 4.73. The maximum Gasteiger partial charge on any atom is 0.0845 e. The maximum atomic E-state index is 5.07. The van der Waals surface area contributed by atoms with Crippen LogP contribution in [0.25, 0.3) is 0 Å². The molecule has 1 nitrogen and oxygen atoms in total. The highest BCUT2D eigenvalue weighted by Gasteiger charge is 1.84. The summed E-state index contributed by atoms with van der Waals surface area (Å²) in [5.41, 5.74) is 1.31. The van der Waals surface area contributed by atoms with Gasteiger partial charge in [-0.25, -0.2) is 0 Å². The number of allylic oxidation sites excluding steroid dienone is 1. The van der Waals surface area contributed by atoms with E-state index in [4.69, 9.17) is 4.74 Å². The predicted octanol–water partition coefficient (Wildman–Crippen LogP) is 2.78. The summed E-state index contributed by atoms with van der Waals surface area (Å²) >= 11 is 0. The largest absolute Gasteiger partial charge is 0.502 e. The molecule has 1 aromatic carbocycles. The molecule has 0 bridgehead atoms. The lowest BCUT2D eigenvalue weighted by Gasteiger charge is -1.94. The fraction of sp³-hybridized carbons (Fsp3) is 0.273. The summed E-state index contributed by atoms with van der Waals surface area (Å²) in [6, 6.07) is 10.3. The highest BCUT2D eigenvalue weighted by atomic mass is 16.5. The van der Waals surface area contributed by atoms with E-state index in [9.17, 15) is 0 Å². The average molecular weight is 162 g/mol. The highest BCUT2D eigenvalue weighted by molar-refractivity contribution is 5.16. The number of ether oxygens (including phenoxy) is 1. The molecule has 0 unspecified atom stereocenters. The molecule has 0 saturated carbocycles. The van der Waals surface area contributed by atoms with Crippen molar-refractivity contribution in [3.8, 4) is 0 Å². The molecule has 64 valence electrons. The first-order valence-electron chi connectivity index (χ1n) is 4.24. The molecule has 0 spiro atoms. The normalized spacial score (nSPS) is 10.4. The summed E-state index contributed by atoms with van der Waals surface area (Å²) in [5.74, 6) is 0. The van der Waals surface area contributed by atoms with E-state index in [1.165, 1.54) is 5.56 Å². The molecule has 0 aromatic heterocycles. The van der Waals surface area contributed by atoms with Crippen molar-refractivity contribution in [3.05, 3.63) is 48.2 Å². The first kappa shape index (κ1) is 8.85. The molecule has 12 heavy (non-hydrogen) atoms. The van der Waals surface area contributed by atoms with Gasteiger partial charge in [-0.15, -0.1) is 0 Å². The van der Waals surface area contributed by atoms with Crippen molar-refractivity contribution in [1.29, 1.82) is 0 Å². The Labute approximate surface area is 73.7 Å². The number of rotatable bonds is 4. The van der Waals surface area contributed by atoms with Crippen LogP contribution in [0.15, 0.2) is 42.7 Å². The Morgan fingerprint density at radius 3 is 2.67 bits per heavy atom. The molecule has 0 heterocycles. The van der Waals surface area contributed by atoms with Crippen LogP contribution in [0.2, 0.25) is 0 Å². The summed E-state index contributed by atoms with van der Waals surface area (Å²) in [6.45, 7) is 2.72. The molecule has 0 aliphatic carbocycles. The quantitative estimate of drug-likeness (QED) is 0.618. The van der Waals surface area contributed by atoms with E-state index in [1.807, 2.05) is 31.2 Å².